The molecule has 0 aliphatic carbocycles. The molecule has 0 unspecified atom stereocenters. The molecule has 0 saturated carbocycles. The summed E-state index contributed by atoms with van der Waals surface area (Å²) < 4.78 is 36.3. The molecule has 0 spiro atoms. The standard InChI is InChI=1S/C7H8O5S.K.H2O/c1-12-5-3-2-4-6(7(5)8)13(9,10)11;;/h2-4,8H,1H3,(H,9,10,11);;1H2/q;+1;/p-1. The first-order valence-corrected chi connectivity index (χ1v) is 4.69. The van der Waals surface area contributed by atoms with E-state index in [-0.39, 0.29) is 62.6 Å². The summed E-state index contributed by atoms with van der Waals surface area (Å²) in [6.07, 6.45) is 0. The van der Waals surface area contributed by atoms with Gasteiger partial charge in [-0.05, 0) is 12.1 Å². The average Bonchev–Trinajstić information content (AvgIpc) is 2.02. The van der Waals surface area contributed by atoms with E-state index in [0.717, 1.165) is 6.07 Å². The summed E-state index contributed by atoms with van der Waals surface area (Å²) in [5, 5.41) is 9.22. The average molecular weight is 260 g/mol. The van der Waals surface area contributed by atoms with Gasteiger partial charge in [-0.1, -0.05) is 6.07 Å². The van der Waals surface area contributed by atoms with Crippen LogP contribution >= 0.6 is 0 Å². The van der Waals surface area contributed by atoms with E-state index in [1.165, 1.54) is 19.2 Å². The summed E-state index contributed by atoms with van der Waals surface area (Å²) in [6, 6.07) is 3.67. The Kier molecular flexibility index (Phi) is 8.04. The Morgan fingerprint density at radius 1 is 1.40 bits per heavy atom. The molecule has 15 heavy (non-hydrogen) atoms. The monoisotopic (exact) mass is 260 g/mol. The fraction of sp³-hybridized carbons (Fsp3) is 0.143. The smallest absolute Gasteiger partial charge is 0.744 e. The number of ether oxygens (including phenoxy) is 1. The second kappa shape index (κ2) is 6.81. The van der Waals surface area contributed by atoms with Crippen molar-refractivity contribution in [3.8, 4) is 11.5 Å². The van der Waals surface area contributed by atoms with Crippen LogP contribution in [0.1, 0.15) is 0 Å². The third-order valence-corrected chi connectivity index (χ3v) is 2.32. The van der Waals surface area contributed by atoms with Crippen LogP contribution in [0.25, 0.3) is 0 Å². The van der Waals surface area contributed by atoms with Crippen molar-refractivity contribution in [2.75, 3.05) is 7.11 Å². The molecule has 0 radical (unpaired) electrons. The van der Waals surface area contributed by atoms with E-state index in [1.54, 1.807) is 0 Å². The first-order valence-electron chi connectivity index (χ1n) is 3.28. The van der Waals surface area contributed by atoms with E-state index < -0.39 is 20.8 Å². The van der Waals surface area contributed by atoms with Crippen molar-refractivity contribution < 1.29 is 79.7 Å². The van der Waals surface area contributed by atoms with Crippen LogP contribution in [0.2, 0.25) is 0 Å². The Morgan fingerprint density at radius 3 is 2.33 bits per heavy atom. The van der Waals surface area contributed by atoms with Gasteiger partial charge in [0, 0.05) is 0 Å². The second-order valence-corrected chi connectivity index (χ2v) is 3.61. The van der Waals surface area contributed by atoms with E-state index >= 15 is 0 Å². The van der Waals surface area contributed by atoms with Gasteiger partial charge in [-0.3, -0.25) is 0 Å². The maximum Gasteiger partial charge on any atom is 1.00 e. The maximum atomic E-state index is 10.6. The van der Waals surface area contributed by atoms with Gasteiger partial charge in [-0.2, -0.15) is 0 Å². The van der Waals surface area contributed by atoms with Crippen molar-refractivity contribution in [3.63, 3.8) is 0 Å². The van der Waals surface area contributed by atoms with Crippen LogP contribution < -0.4 is 56.1 Å². The molecule has 8 heteroatoms. The molecule has 0 aliphatic heterocycles. The summed E-state index contributed by atoms with van der Waals surface area (Å²) in [4.78, 5) is -0.674. The van der Waals surface area contributed by atoms with Gasteiger partial charge in [-0.15, -0.1) is 0 Å². The number of benzene rings is 1. The summed E-state index contributed by atoms with van der Waals surface area (Å²) in [5.74, 6) is -0.697. The summed E-state index contributed by atoms with van der Waals surface area (Å²) in [6.45, 7) is 0. The van der Waals surface area contributed by atoms with Gasteiger partial charge < -0.3 is 19.9 Å². The Hall–Kier alpha value is 0.326. The first-order chi connectivity index (χ1) is 5.96. The van der Waals surface area contributed by atoms with Gasteiger partial charge in [0.15, 0.2) is 11.5 Å². The SMILES string of the molecule is COc1cccc(S(=O)(=O)[O-])c1O.O.[K+]. The number of phenolic OH excluding ortho intramolecular Hbond substituents is 1. The molecular formula is C7H9KO6S. The maximum absolute atomic E-state index is 10.6. The van der Waals surface area contributed by atoms with Gasteiger partial charge in [0.1, 0.15) is 10.1 Å². The molecule has 1 rings (SSSR count). The van der Waals surface area contributed by atoms with Crippen LogP contribution in [0, 0.1) is 0 Å². The van der Waals surface area contributed by atoms with E-state index in [4.69, 9.17) is 0 Å². The van der Waals surface area contributed by atoms with Gasteiger partial charge in [0.25, 0.3) is 0 Å². The van der Waals surface area contributed by atoms with Crippen LogP contribution in [-0.4, -0.2) is 30.7 Å². The molecule has 3 N–H and O–H groups in total. The molecule has 0 fully saturated rings. The number of hydrogen-bond acceptors (Lipinski definition) is 5. The van der Waals surface area contributed by atoms with Crippen LogP contribution in [-0.2, 0) is 10.1 Å². The Bertz CT molecular complexity index is 415. The van der Waals surface area contributed by atoms with Crippen molar-refractivity contribution in [2.45, 2.75) is 4.90 Å². The zero-order valence-corrected chi connectivity index (χ0v) is 12.2. The normalized spacial score (nSPS) is 9.73. The van der Waals surface area contributed by atoms with Crippen molar-refractivity contribution in [2.24, 2.45) is 0 Å². The van der Waals surface area contributed by atoms with Crippen molar-refractivity contribution in [3.05, 3.63) is 18.2 Å². The Balaban J connectivity index is 0. The molecule has 0 aromatic heterocycles. The molecule has 0 aliphatic rings. The number of aromatic hydroxyl groups is 1. The molecule has 0 bridgehead atoms. The number of phenols is 1. The minimum Gasteiger partial charge on any atom is -0.744 e. The number of para-hydroxylation sites is 1. The minimum absolute atomic E-state index is 0. The van der Waals surface area contributed by atoms with Crippen molar-refractivity contribution in [1.82, 2.24) is 0 Å². The molecular weight excluding hydrogens is 251 g/mol. The predicted molar refractivity (Wildman–Crippen MR) is 46.2 cm³/mol. The number of methoxy groups -OCH3 is 1. The molecule has 1 aromatic rings. The zero-order valence-electron chi connectivity index (χ0n) is 8.22. The van der Waals surface area contributed by atoms with Crippen LogP contribution in [0.5, 0.6) is 11.5 Å². The molecule has 0 saturated heterocycles. The fourth-order valence-electron chi connectivity index (χ4n) is 0.869. The van der Waals surface area contributed by atoms with E-state index in [9.17, 15) is 18.1 Å². The van der Waals surface area contributed by atoms with Crippen LogP contribution in [0.4, 0.5) is 0 Å². The summed E-state index contributed by atoms with van der Waals surface area (Å²) >= 11 is 0. The molecule has 1 aromatic carbocycles. The number of hydrogen-bond donors (Lipinski definition) is 1. The molecule has 0 heterocycles. The Labute approximate surface area is 130 Å². The minimum atomic E-state index is -4.65. The molecule has 6 nitrogen and oxygen atoms in total. The summed E-state index contributed by atoms with van der Waals surface area (Å²) in [7, 11) is -3.39. The van der Waals surface area contributed by atoms with Gasteiger partial charge in [0.05, 0.1) is 12.0 Å². The Morgan fingerprint density at radius 2 is 1.93 bits per heavy atom. The third kappa shape index (κ3) is 4.37. The molecule has 80 valence electrons. The van der Waals surface area contributed by atoms with Crippen LogP contribution in [0.15, 0.2) is 23.1 Å². The quantitative estimate of drug-likeness (QED) is 0.437. The third-order valence-electron chi connectivity index (χ3n) is 1.45. The van der Waals surface area contributed by atoms with E-state index in [2.05, 4.69) is 4.74 Å². The zero-order chi connectivity index (χ0) is 10.1. The first kappa shape index (κ1) is 17.7. The van der Waals surface area contributed by atoms with Crippen molar-refractivity contribution in [1.29, 1.82) is 0 Å². The van der Waals surface area contributed by atoms with E-state index in [1.807, 2.05) is 0 Å². The molecule has 0 atom stereocenters. The van der Waals surface area contributed by atoms with Gasteiger partial charge in [-0.25, -0.2) is 8.42 Å². The predicted octanol–water partition coefficient (Wildman–Crippen LogP) is -3.52. The number of rotatable bonds is 2. The fourth-order valence-corrected chi connectivity index (χ4v) is 1.45. The van der Waals surface area contributed by atoms with Crippen LogP contribution in [0.3, 0.4) is 0 Å². The summed E-state index contributed by atoms with van der Waals surface area (Å²) in [5.41, 5.74) is 0. The largest absolute Gasteiger partial charge is 1.00 e. The van der Waals surface area contributed by atoms with Gasteiger partial charge in [0.2, 0.25) is 0 Å². The second-order valence-electron chi connectivity index (χ2n) is 2.26. The van der Waals surface area contributed by atoms with Gasteiger partial charge >= 0.3 is 51.4 Å². The van der Waals surface area contributed by atoms with E-state index in [0.29, 0.717) is 0 Å². The topological polar surface area (TPSA) is 118 Å². The molecule has 0 amide bonds. The van der Waals surface area contributed by atoms with Crippen molar-refractivity contribution >= 4 is 10.1 Å².